The number of benzene rings is 1. The number of rotatable bonds is 5. The second kappa shape index (κ2) is 7.66. The zero-order valence-corrected chi connectivity index (χ0v) is 14.1. The van der Waals surface area contributed by atoms with Crippen LogP contribution in [-0.2, 0) is 9.59 Å². The molecule has 130 valence electrons. The Morgan fingerprint density at radius 2 is 2.25 bits per heavy atom. The van der Waals surface area contributed by atoms with Gasteiger partial charge in [0, 0.05) is 31.1 Å². The van der Waals surface area contributed by atoms with Gasteiger partial charge in [-0.05, 0) is 50.4 Å². The van der Waals surface area contributed by atoms with Gasteiger partial charge < -0.3 is 20.3 Å². The smallest absolute Gasteiger partial charge is 0.227 e. The molecule has 2 amide bonds. The number of nitrogens with one attached hydrogen (secondary N) is 2. The van der Waals surface area contributed by atoms with E-state index in [4.69, 9.17) is 4.74 Å². The molecule has 0 aliphatic carbocycles. The Kier molecular flexibility index (Phi) is 5.35. The third-order valence-corrected chi connectivity index (χ3v) is 4.67. The minimum absolute atomic E-state index is 0.00418. The molecule has 1 atom stereocenters. The predicted molar refractivity (Wildman–Crippen MR) is 93.5 cm³/mol. The van der Waals surface area contributed by atoms with E-state index in [1.165, 1.54) is 0 Å². The second-order valence-corrected chi connectivity index (χ2v) is 6.43. The largest absolute Gasteiger partial charge is 0.495 e. The standard InChI is InChI=1S/C18H25N3O3/c1-24-16-8-7-14(20-17(22)12-13-5-4-9-19-13)11-15(16)21-10-3-2-6-18(21)23/h7-8,11,13,19H,2-6,9-10,12H2,1H3,(H,20,22). The van der Waals surface area contributed by atoms with E-state index >= 15 is 0 Å². The highest BCUT2D eigenvalue weighted by molar-refractivity contribution is 5.97. The summed E-state index contributed by atoms with van der Waals surface area (Å²) in [5.41, 5.74) is 1.44. The van der Waals surface area contributed by atoms with Gasteiger partial charge in [0.25, 0.3) is 0 Å². The Bertz CT molecular complexity index is 612. The third-order valence-electron chi connectivity index (χ3n) is 4.67. The number of hydrogen-bond donors (Lipinski definition) is 2. The molecule has 1 unspecified atom stereocenters. The lowest BCUT2D eigenvalue weighted by molar-refractivity contribution is -0.119. The number of amides is 2. The molecule has 0 bridgehead atoms. The predicted octanol–water partition coefficient (Wildman–Crippen LogP) is 2.29. The highest BCUT2D eigenvalue weighted by Crippen LogP contribution is 2.33. The van der Waals surface area contributed by atoms with Crippen molar-refractivity contribution < 1.29 is 14.3 Å². The van der Waals surface area contributed by atoms with E-state index in [0.717, 1.165) is 37.9 Å². The number of carbonyl (C=O) groups is 2. The van der Waals surface area contributed by atoms with Gasteiger partial charge in [-0.25, -0.2) is 0 Å². The molecule has 24 heavy (non-hydrogen) atoms. The van der Waals surface area contributed by atoms with E-state index in [2.05, 4.69) is 10.6 Å². The Morgan fingerprint density at radius 3 is 2.96 bits per heavy atom. The zero-order chi connectivity index (χ0) is 16.9. The normalized spacial score (nSPS) is 21.0. The van der Waals surface area contributed by atoms with Crippen LogP contribution in [0.1, 0.15) is 38.5 Å². The number of carbonyl (C=O) groups excluding carboxylic acids is 2. The van der Waals surface area contributed by atoms with E-state index < -0.39 is 0 Å². The van der Waals surface area contributed by atoms with Crippen molar-refractivity contribution in [1.29, 1.82) is 0 Å². The monoisotopic (exact) mass is 331 g/mol. The van der Waals surface area contributed by atoms with Gasteiger partial charge in [-0.15, -0.1) is 0 Å². The van der Waals surface area contributed by atoms with Crippen LogP contribution in [-0.4, -0.2) is 38.1 Å². The Morgan fingerprint density at radius 1 is 1.38 bits per heavy atom. The highest BCUT2D eigenvalue weighted by atomic mass is 16.5. The first-order valence-electron chi connectivity index (χ1n) is 8.69. The van der Waals surface area contributed by atoms with E-state index in [1.54, 1.807) is 18.1 Å². The van der Waals surface area contributed by atoms with Crippen molar-refractivity contribution in [2.24, 2.45) is 0 Å². The van der Waals surface area contributed by atoms with Crippen molar-refractivity contribution in [2.45, 2.75) is 44.6 Å². The van der Waals surface area contributed by atoms with Crippen LogP contribution in [0, 0.1) is 0 Å². The fraction of sp³-hybridized carbons (Fsp3) is 0.556. The SMILES string of the molecule is COc1ccc(NC(=O)CC2CCCN2)cc1N1CCCCC1=O. The lowest BCUT2D eigenvalue weighted by Gasteiger charge is -2.28. The van der Waals surface area contributed by atoms with Crippen molar-refractivity contribution in [3.63, 3.8) is 0 Å². The lowest BCUT2D eigenvalue weighted by atomic mass is 10.1. The van der Waals surface area contributed by atoms with Crippen LogP contribution in [0.15, 0.2) is 18.2 Å². The molecule has 0 radical (unpaired) electrons. The third kappa shape index (κ3) is 3.87. The summed E-state index contributed by atoms with van der Waals surface area (Å²) >= 11 is 0. The molecule has 0 spiro atoms. The summed E-state index contributed by atoms with van der Waals surface area (Å²) in [6, 6.07) is 5.73. The topological polar surface area (TPSA) is 70.7 Å². The number of methoxy groups -OCH3 is 1. The van der Waals surface area contributed by atoms with Crippen LogP contribution in [0.5, 0.6) is 5.75 Å². The molecule has 2 aliphatic heterocycles. The van der Waals surface area contributed by atoms with E-state index in [1.807, 2.05) is 12.1 Å². The molecule has 2 heterocycles. The number of hydrogen-bond acceptors (Lipinski definition) is 4. The Labute approximate surface area is 142 Å². The molecule has 0 aromatic heterocycles. The number of ether oxygens (including phenoxy) is 1. The second-order valence-electron chi connectivity index (χ2n) is 6.43. The maximum atomic E-state index is 12.2. The van der Waals surface area contributed by atoms with Crippen LogP contribution in [0.4, 0.5) is 11.4 Å². The van der Waals surface area contributed by atoms with Crippen molar-refractivity contribution in [3.8, 4) is 5.75 Å². The molecule has 6 nitrogen and oxygen atoms in total. The summed E-state index contributed by atoms with van der Waals surface area (Å²) in [5, 5.41) is 6.27. The molecule has 3 rings (SSSR count). The van der Waals surface area contributed by atoms with E-state index in [9.17, 15) is 9.59 Å². The van der Waals surface area contributed by atoms with Gasteiger partial charge in [0.1, 0.15) is 5.75 Å². The van der Waals surface area contributed by atoms with Crippen LogP contribution in [0.3, 0.4) is 0 Å². The summed E-state index contributed by atoms with van der Waals surface area (Å²) in [6.07, 6.45) is 5.13. The molecule has 1 aromatic carbocycles. The molecule has 2 saturated heterocycles. The van der Waals surface area contributed by atoms with E-state index in [-0.39, 0.29) is 17.9 Å². The molecule has 2 aliphatic rings. The summed E-state index contributed by atoms with van der Waals surface area (Å²) in [4.78, 5) is 26.2. The number of nitrogens with zero attached hydrogens (tertiary/aromatic N) is 1. The number of piperidine rings is 1. The average molecular weight is 331 g/mol. The zero-order valence-electron chi connectivity index (χ0n) is 14.1. The van der Waals surface area contributed by atoms with Crippen LogP contribution in [0.25, 0.3) is 0 Å². The van der Waals surface area contributed by atoms with Crippen molar-refractivity contribution >= 4 is 23.2 Å². The average Bonchev–Trinajstić information content (AvgIpc) is 3.08. The van der Waals surface area contributed by atoms with Gasteiger partial charge in [0.15, 0.2) is 0 Å². The van der Waals surface area contributed by atoms with Crippen LogP contribution in [0.2, 0.25) is 0 Å². The minimum atomic E-state index is -0.00418. The van der Waals surface area contributed by atoms with Gasteiger partial charge in [-0.3, -0.25) is 9.59 Å². The number of anilines is 2. The minimum Gasteiger partial charge on any atom is -0.495 e. The van der Waals surface area contributed by atoms with Gasteiger partial charge >= 0.3 is 0 Å². The van der Waals surface area contributed by atoms with Crippen LogP contribution < -0.4 is 20.3 Å². The van der Waals surface area contributed by atoms with Crippen LogP contribution >= 0.6 is 0 Å². The Balaban J connectivity index is 1.73. The fourth-order valence-corrected chi connectivity index (χ4v) is 3.41. The lowest BCUT2D eigenvalue weighted by Crippen LogP contribution is -2.35. The van der Waals surface area contributed by atoms with Gasteiger partial charge in [0.2, 0.25) is 11.8 Å². The van der Waals surface area contributed by atoms with Crippen molar-refractivity contribution in [1.82, 2.24) is 5.32 Å². The van der Waals surface area contributed by atoms with Crippen molar-refractivity contribution in [3.05, 3.63) is 18.2 Å². The first-order chi connectivity index (χ1) is 11.7. The maximum Gasteiger partial charge on any atom is 0.227 e. The molecule has 0 saturated carbocycles. The molecular weight excluding hydrogens is 306 g/mol. The quantitative estimate of drug-likeness (QED) is 0.868. The summed E-state index contributed by atoms with van der Waals surface area (Å²) in [5.74, 6) is 0.759. The van der Waals surface area contributed by atoms with Gasteiger partial charge in [-0.2, -0.15) is 0 Å². The van der Waals surface area contributed by atoms with E-state index in [0.29, 0.717) is 30.8 Å². The van der Waals surface area contributed by atoms with Gasteiger partial charge in [0.05, 0.1) is 12.8 Å². The first kappa shape index (κ1) is 16.8. The molecule has 1 aromatic rings. The summed E-state index contributed by atoms with van der Waals surface area (Å²) in [6.45, 7) is 1.68. The first-order valence-corrected chi connectivity index (χ1v) is 8.69. The molecule has 2 fully saturated rings. The maximum absolute atomic E-state index is 12.2. The van der Waals surface area contributed by atoms with Gasteiger partial charge in [-0.1, -0.05) is 0 Å². The Hall–Kier alpha value is -2.08. The molecular formula is C18H25N3O3. The fourth-order valence-electron chi connectivity index (χ4n) is 3.41. The molecule has 2 N–H and O–H groups in total. The summed E-state index contributed by atoms with van der Waals surface area (Å²) < 4.78 is 5.40. The molecule has 6 heteroatoms. The summed E-state index contributed by atoms with van der Waals surface area (Å²) in [7, 11) is 1.59. The highest BCUT2D eigenvalue weighted by Gasteiger charge is 2.23. The van der Waals surface area contributed by atoms with Crippen molar-refractivity contribution in [2.75, 3.05) is 30.4 Å².